The van der Waals surface area contributed by atoms with Crippen molar-refractivity contribution in [1.29, 1.82) is 0 Å². The molecule has 1 heterocycles. The number of ether oxygens (including phenoxy) is 1. The second-order valence-corrected chi connectivity index (χ2v) is 5.56. The SMILES string of the molecule is CC(C)(C)SN=C1CCOCC1. The molecule has 0 atom stereocenters. The van der Waals surface area contributed by atoms with Crippen LogP contribution in [0.15, 0.2) is 4.40 Å². The molecule has 0 saturated carbocycles. The van der Waals surface area contributed by atoms with Crippen LogP contribution in [-0.4, -0.2) is 23.7 Å². The van der Waals surface area contributed by atoms with Gasteiger partial charge in [-0.2, -0.15) is 0 Å². The molecule has 0 bridgehead atoms. The average molecular weight is 187 g/mol. The molecule has 0 aromatic heterocycles. The molecule has 12 heavy (non-hydrogen) atoms. The minimum Gasteiger partial charge on any atom is -0.381 e. The first kappa shape index (κ1) is 10.1. The molecule has 0 aliphatic carbocycles. The molecule has 1 aliphatic heterocycles. The smallest absolute Gasteiger partial charge is 0.0518 e. The summed E-state index contributed by atoms with van der Waals surface area (Å²) in [4.78, 5) is 0. The van der Waals surface area contributed by atoms with Gasteiger partial charge in [-0.05, 0) is 32.7 Å². The molecule has 0 spiro atoms. The summed E-state index contributed by atoms with van der Waals surface area (Å²) in [6.07, 6.45) is 2.03. The first-order valence-corrected chi connectivity index (χ1v) is 5.17. The van der Waals surface area contributed by atoms with E-state index < -0.39 is 0 Å². The van der Waals surface area contributed by atoms with Crippen molar-refractivity contribution in [2.75, 3.05) is 13.2 Å². The van der Waals surface area contributed by atoms with Crippen molar-refractivity contribution in [3.8, 4) is 0 Å². The minimum absolute atomic E-state index is 0.241. The number of nitrogens with zero attached hydrogens (tertiary/aromatic N) is 1. The normalized spacial score (nSPS) is 19.4. The molecule has 0 aromatic carbocycles. The van der Waals surface area contributed by atoms with Crippen molar-refractivity contribution in [2.45, 2.75) is 38.4 Å². The van der Waals surface area contributed by atoms with Gasteiger partial charge in [0.05, 0.1) is 13.2 Å². The van der Waals surface area contributed by atoms with Gasteiger partial charge in [0.15, 0.2) is 0 Å². The van der Waals surface area contributed by atoms with Crippen molar-refractivity contribution < 1.29 is 4.74 Å². The summed E-state index contributed by atoms with van der Waals surface area (Å²) in [5.74, 6) is 0. The third-order valence-electron chi connectivity index (χ3n) is 1.52. The summed E-state index contributed by atoms with van der Waals surface area (Å²) in [5.41, 5.74) is 1.31. The van der Waals surface area contributed by atoms with Gasteiger partial charge >= 0.3 is 0 Å². The van der Waals surface area contributed by atoms with Crippen LogP contribution in [0.4, 0.5) is 0 Å². The highest BCUT2D eigenvalue weighted by Gasteiger charge is 2.12. The Kier molecular flexibility index (Phi) is 3.59. The van der Waals surface area contributed by atoms with Crippen molar-refractivity contribution in [2.24, 2.45) is 4.40 Å². The Morgan fingerprint density at radius 3 is 2.33 bits per heavy atom. The van der Waals surface area contributed by atoms with E-state index in [9.17, 15) is 0 Å². The Hall–Kier alpha value is -0.0200. The Balaban J connectivity index is 2.35. The van der Waals surface area contributed by atoms with Gasteiger partial charge in [-0.15, -0.1) is 0 Å². The third kappa shape index (κ3) is 4.12. The molecular weight excluding hydrogens is 170 g/mol. The molecule has 0 unspecified atom stereocenters. The van der Waals surface area contributed by atoms with Crippen LogP contribution in [0.1, 0.15) is 33.6 Å². The summed E-state index contributed by atoms with van der Waals surface area (Å²) in [5, 5.41) is 0. The first-order valence-electron chi connectivity index (χ1n) is 4.39. The number of hydrogen-bond acceptors (Lipinski definition) is 3. The van der Waals surface area contributed by atoms with Crippen LogP contribution in [0.25, 0.3) is 0 Å². The zero-order valence-electron chi connectivity index (χ0n) is 8.09. The summed E-state index contributed by atoms with van der Waals surface area (Å²) in [6.45, 7) is 8.25. The first-order chi connectivity index (χ1) is 5.58. The minimum atomic E-state index is 0.241. The van der Waals surface area contributed by atoms with Crippen LogP contribution in [0.5, 0.6) is 0 Å². The van der Waals surface area contributed by atoms with E-state index in [2.05, 4.69) is 25.2 Å². The van der Waals surface area contributed by atoms with Crippen LogP contribution < -0.4 is 0 Å². The van der Waals surface area contributed by atoms with Gasteiger partial charge < -0.3 is 4.74 Å². The molecule has 0 radical (unpaired) electrons. The summed E-state index contributed by atoms with van der Waals surface area (Å²) < 4.78 is 9.99. The van der Waals surface area contributed by atoms with E-state index in [1.807, 2.05) is 0 Å². The van der Waals surface area contributed by atoms with Crippen molar-refractivity contribution in [3.05, 3.63) is 0 Å². The number of hydrogen-bond donors (Lipinski definition) is 0. The van der Waals surface area contributed by atoms with E-state index in [0.717, 1.165) is 26.1 Å². The van der Waals surface area contributed by atoms with Crippen LogP contribution in [0.2, 0.25) is 0 Å². The van der Waals surface area contributed by atoms with Crippen molar-refractivity contribution in [1.82, 2.24) is 0 Å². The quantitative estimate of drug-likeness (QED) is 0.589. The fourth-order valence-electron chi connectivity index (χ4n) is 0.900. The van der Waals surface area contributed by atoms with Gasteiger partial charge in [-0.3, -0.25) is 0 Å². The fourth-order valence-corrected chi connectivity index (χ4v) is 1.49. The predicted molar refractivity (Wildman–Crippen MR) is 54.8 cm³/mol. The second kappa shape index (κ2) is 4.28. The predicted octanol–water partition coefficient (Wildman–Crippen LogP) is 2.68. The zero-order chi connectivity index (χ0) is 9.03. The summed E-state index contributed by atoms with van der Waals surface area (Å²) >= 11 is 1.67. The van der Waals surface area contributed by atoms with Gasteiger partial charge in [0.25, 0.3) is 0 Å². The summed E-state index contributed by atoms with van der Waals surface area (Å²) in [6, 6.07) is 0. The lowest BCUT2D eigenvalue weighted by Crippen LogP contribution is -2.15. The second-order valence-electron chi connectivity index (χ2n) is 3.97. The van der Waals surface area contributed by atoms with Crippen LogP contribution in [0.3, 0.4) is 0 Å². The summed E-state index contributed by atoms with van der Waals surface area (Å²) in [7, 11) is 0. The highest BCUT2D eigenvalue weighted by Crippen LogP contribution is 2.25. The molecule has 0 aromatic rings. The van der Waals surface area contributed by atoms with Gasteiger partial charge in [-0.25, -0.2) is 4.40 Å². The molecule has 0 amide bonds. The van der Waals surface area contributed by atoms with Gasteiger partial charge in [0.2, 0.25) is 0 Å². The lowest BCUT2D eigenvalue weighted by molar-refractivity contribution is 0.135. The Bertz CT molecular complexity index is 164. The van der Waals surface area contributed by atoms with Crippen molar-refractivity contribution in [3.63, 3.8) is 0 Å². The Labute approximate surface area is 78.9 Å². The lowest BCUT2D eigenvalue weighted by atomic mass is 10.2. The van der Waals surface area contributed by atoms with Crippen LogP contribution in [0, 0.1) is 0 Å². The number of rotatable bonds is 1. The highest BCUT2D eigenvalue weighted by atomic mass is 32.2. The maximum atomic E-state index is 5.24. The van der Waals surface area contributed by atoms with Crippen LogP contribution >= 0.6 is 11.9 Å². The molecule has 1 fully saturated rings. The monoisotopic (exact) mass is 187 g/mol. The molecule has 2 nitrogen and oxygen atoms in total. The van der Waals surface area contributed by atoms with E-state index in [4.69, 9.17) is 4.74 Å². The molecular formula is C9H17NOS. The van der Waals surface area contributed by atoms with E-state index in [1.165, 1.54) is 5.71 Å². The Morgan fingerprint density at radius 2 is 1.83 bits per heavy atom. The molecule has 3 heteroatoms. The standard InChI is InChI=1S/C9H17NOS/c1-9(2,3)12-10-8-4-6-11-7-5-8/h4-7H2,1-3H3. The molecule has 0 N–H and O–H groups in total. The fraction of sp³-hybridized carbons (Fsp3) is 0.889. The topological polar surface area (TPSA) is 21.6 Å². The molecule has 1 aliphatic rings. The third-order valence-corrected chi connectivity index (χ3v) is 2.42. The van der Waals surface area contributed by atoms with Gasteiger partial charge in [0.1, 0.15) is 0 Å². The van der Waals surface area contributed by atoms with Crippen LogP contribution in [-0.2, 0) is 4.74 Å². The zero-order valence-corrected chi connectivity index (χ0v) is 8.91. The van der Waals surface area contributed by atoms with E-state index >= 15 is 0 Å². The maximum absolute atomic E-state index is 5.24. The largest absolute Gasteiger partial charge is 0.381 e. The maximum Gasteiger partial charge on any atom is 0.0518 e. The van der Waals surface area contributed by atoms with Gasteiger partial charge in [-0.1, -0.05) is 0 Å². The van der Waals surface area contributed by atoms with Crippen molar-refractivity contribution >= 4 is 17.7 Å². The average Bonchev–Trinajstić information content (AvgIpc) is 2.02. The van der Waals surface area contributed by atoms with E-state index in [0.29, 0.717) is 0 Å². The molecule has 1 saturated heterocycles. The highest BCUT2D eigenvalue weighted by molar-refractivity contribution is 7.99. The molecule has 1 rings (SSSR count). The Morgan fingerprint density at radius 1 is 1.25 bits per heavy atom. The molecule has 70 valence electrons. The van der Waals surface area contributed by atoms with E-state index in [-0.39, 0.29) is 4.75 Å². The van der Waals surface area contributed by atoms with E-state index in [1.54, 1.807) is 11.9 Å². The lowest BCUT2D eigenvalue weighted by Gasteiger charge is -2.17. The van der Waals surface area contributed by atoms with Gasteiger partial charge in [0, 0.05) is 23.3 Å².